The van der Waals surface area contributed by atoms with Crippen molar-refractivity contribution < 1.29 is 14.7 Å². The van der Waals surface area contributed by atoms with Gasteiger partial charge in [-0.15, -0.1) is 0 Å². The van der Waals surface area contributed by atoms with E-state index in [1.54, 1.807) is 17.7 Å². The minimum absolute atomic E-state index is 0.00994. The molecule has 0 spiro atoms. The number of aromatic nitrogens is 2. The Labute approximate surface area is 141 Å². The van der Waals surface area contributed by atoms with Crippen molar-refractivity contribution in [2.24, 2.45) is 5.92 Å². The van der Waals surface area contributed by atoms with Crippen molar-refractivity contribution in [3.8, 4) is 5.69 Å². The number of carbonyl (C=O) groups excluding carboxylic acids is 1. The standard InChI is InChI=1S/C18H23N3O3/c1-4-13(5-2)9-17(22)20-14-7-6-8-15(10-14)21-12(3)16(11-19-21)18(23)24/h6-8,10-11,13H,4-5,9H2,1-3H3,(H,20,22)(H,23,24). The molecule has 2 rings (SSSR count). The van der Waals surface area contributed by atoms with Crippen LogP contribution in [0.3, 0.4) is 0 Å². The van der Waals surface area contributed by atoms with E-state index in [0.717, 1.165) is 12.8 Å². The lowest BCUT2D eigenvalue weighted by Gasteiger charge is -2.13. The summed E-state index contributed by atoms with van der Waals surface area (Å²) in [5.74, 6) is -0.627. The minimum Gasteiger partial charge on any atom is -0.478 e. The molecule has 0 aliphatic carbocycles. The highest BCUT2D eigenvalue weighted by atomic mass is 16.4. The molecule has 128 valence electrons. The average molecular weight is 329 g/mol. The lowest BCUT2D eigenvalue weighted by atomic mass is 9.99. The number of carbonyl (C=O) groups is 2. The van der Waals surface area contributed by atoms with Gasteiger partial charge >= 0.3 is 5.97 Å². The van der Waals surface area contributed by atoms with Crippen LogP contribution in [0, 0.1) is 12.8 Å². The minimum atomic E-state index is -1.01. The fraction of sp³-hybridized carbons (Fsp3) is 0.389. The first-order chi connectivity index (χ1) is 11.5. The third kappa shape index (κ3) is 4.01. The van der Waals surface area contributed by atoms with Crippen LogP contribution in [0.15, 0.2) is 30.5 Å². The predicted molar refractivity (Wildman–Crippen MR) is 92.6 cm³/mol. The number of aromatic carboxylic acids is 1. The lowest BCUT2D eigenvalue weighted by molar-refractivity contribution is -0.117. The number of amides is 1. The van der Waals surface area contributed by atoms with Crippen molar-refractivity contribution in [3.05, 3.63) is 41.7 Å². The van der Waals surface area contributed by atoms with Gasteiger partial charge in [-0.3, -0.25) is 4.79 Å². The van der Waals surface area contributed by atoms with Crippen molar-refractivity contribution in [1.29, 1.82) is 0 Å². The van der Waals surface area contributed by atoms with E-state index in [0.29, 0.717) is 29.4 Å². The van der Waals surface area contributed by atoms with Crippen molar-refractivity contribution in [2.75, 3.05) is 5.32 Å². The Morgan fingerprint density at radius 3 is 2.58 bits per heavy atom. The lowest BCUT2D eigenvalue weighted by Crippen LogP contribution is -2.16. The van der Waals surface area contributed by atoms with Crippen LogP contribution in [-0.4, -0.2) is 26.8 Å². The van der Waals surface area contributed by atoms with Crippen LogP contribution >= 0.6 is 0 Å². The smallest absolute Gasteiger partial charge is 0.339 e. The summed E-state index contributed by atoms with van der Waals surface area (Å²) < 4.78 is 1.56. The van der Waals surface area contributed by atoms with E-state index in [-0.39, 0.29) is 11.5 Å². The Kier molecular flexibility index (Phi) is 5.73. The van der Waals surface area contributed by atoms with Crippen LogP contribution in [0.1, 0.15) is 49.2 Å². The second-order valence-corrected chi connectivity index (χ2v) is 5.85. The summed E-state index contributed by atoms with van der Waals surface area (Å²) in [5.41, 5.74) is 2.09. The second kappa shape index (κ2) is 7.77. The third-order valence-electron chi connectivity index (χ3n) is 4.24. The number of nitrogens with one attached hydrogen (secondary N) is 1. The number of anilines is 1. The molecule has 1 aromatic heterocycles. The van der Waals surface area contributed by atoms with Crippen LogP contribution in [0.25, 0.3) is 5.69 Å². The summed E-state index contributed by atoms with van der Waals surface area (Å²) >= 11 is 0. The maximum Gasteiger partial charge on any atom is 0.339 e. The fourth-order valence-electron chi connectivity index (χ4n) is 2.65. The zero-order valence-electron chi connectivity index (χ0n) is 14.2. The summed E-state index contributed by atoms with van der Waals surface area (Å²) in [4.78, 5) is 23.3. The summed E-state index contributed by atoms with van der Waals surface area (Å²) in [6, 6.07) is 7.23. The Bertz CT molecular complexity index is 733. The van der Waals surface area contributed by atoms with Gasteiger partial charge in [-0.25, -0.2) is 9.48 Å². The highest BCUT2D eigenvalue weighted by Crippen LogP contribution is 2.19. The molecule has 0 unspecified atom stereocenters. The second-order valence-electron chi connectivity index (χ2n) is 5.85. The molecule has 24 heavy (non-hydrogen) atoms. The topological polar surface area (TPSA) is 84.2 Å². The van der Waals surface area contributed by atoms with Gasteiger partial charge < -0.3 is 10.4 Å². The molecule has 0 aliphatic rings. The SMILES string of the molecule is CCC(CC)CC(=O)Nc1cccc(-n2ncc(C(=O)O)c2C)c1. The van der Waals surface area contributed by atoms with E-state index in [2.05, 4.69) is 24.3 Å². The quantitative estimate of drug-likeness (QED) is 0.812. The van der Waals surface area contributed by atoms with Gasteiger partial charge in [-0.05, 0) is 31.0 Å². The number of carboxylic acid groups (broad SMARTS) is 1. The molecule has 1 aromatic carbocycles. The Morgan fingerprint density at radius 2 is 2.00 bits per heavy atom. The predicted octanol–water partition coefficient (Wildman–Crippen LogP) is 3.64. The summed E-state index contributed by atoms with van der Waals surface area (Å²) in [6.45, 7) is 5.87. The molecule has 6 nitrogen and oxygen atoms in total. The van der Waals surface area contributed by atoms with E-state index in [9.17, 15) is 9.59 Å². The first-order valence-electron chi connectivity index (χ1n) is 8.14. The van der Waals surface area contributed by atoms with Crippen LogP contribution in [-0.2, 0) is 4.79 Å². The molecule has 2 N–H and O–H groups in total. The Balaban J connectivity index is 2.17. The molecular formula is C18H23N3O3. The van der Waals surface area contributed by atoms with Gasteiger partial charge in [0.05, 0.1) is 17.6 Å². The molecule has 0 fully saturated rings. The van der Waals surface area contributed by atoms with Gasteiger partial charge in [0.15, 0.2) is 0 Å². The van der Waals surface area contributed by atoms with Gasteiger partial charge in [-0.1, -0.05) is 32.8 Å². The van der Waals surface area contributed by atoms with E-state index < -0.39 is 5.97 Å². The molecular weight excluding hydrogens is 306 g/mol. The van der Waals surface area contributed by atoms with Crippen LogP contribution < -0.4 is 5.32 Å². The van der Waals surface area contributed by atoms with Crippen LogP contribution in [0.2, 0.25) is 0 Å². The first kappa shape index (κ1) is 17.7. The summed E-state index contributed by atoms with van der Waals surface area (Å²) in [7, 11) is 0. The molecule has 2 aromatic rings. The van der Waals surface area contributed by atoms with Gasteiger partial charge in [-0.2, -0.15) is 5.10 Å². The molecule has 0 atom stereocenters. The highest BCUT2D eigenvalue weighted by molar-refractivity contribution is 5.91. The molecule has 0 saturated heterocycles. The van der Waals surface area contributed by atoms with E-state index in [1.165, 1.54) is 6.20 Å². The van der Waals surface area contributed by atoms with Gasteiger partial charge in [0.25, 0.3) is 0 Å². The monoisotopic (exact) mass is 329 g/mol. The zero-order valence-corrected chi connectivity index (χ0v) is 14.2. The summed E-state index contributed by atoms with van der Waals surface area (Å²) in [5, 5.41) is 16.1. The molecule has 6 heteroatoms. The fourth-order valence-corrected chi connectivity index (χ4v) is 2.65. The molecule has 0 bridgehead atoms. The maximum atomic E-state index is 12.1. The molecule has 0 aliphatic heterocycles. The molecule has 1 heterocycles. The number of hydrogen-bond donors (Lipinski definition) is 2. The van der Waals surface area contributed by atoms with Gasteiger partial charge in [0.1, 0.15) is 5.56 Å². The van der Waals surface area contributed by atoms with Crippen molar-refractivity contribution in [3.63, 3.8) is 0 Å². The average Bonchev–Trinajstić information content (AvgIpc) is 2.94. The number of hydrogen-bond acceptors (Lipinski definition) is 3. The van der Waals surface area contributed by atoms with Crippen molar-refractivity contribution in [1.82, 2.24) is 9.78 Å². The number of benzene rings is 1. The normalized spacial score (nSPS) is 10.8. The van der Waals surface area contributed by atoms with Crippen molar-refractivity contribution >= 4 is 17.6 Å². The number of rotatable bonds is 7. The zero-order chi connectivity index (χ0) is 17.7. The largest absolute Gasteiger partial charge is 0.478 e. The summed E-state index contributed by atoms with van der Waals surface area (Å²) in [6.07, 6.45) is 3.79. The first-order valence-corrected chi connectivity index (χ1v) is 8.14. The molecule has 1 amide bonds. The van der Waals surface area contributed by atoms with E-state index in [1.807, 2.05) is 18.2 Å². The number of carboxylic acids is 1. The van der Waals surface area contributed by atoms with Crippen LogP contribution in [0.5, 0.6) is 0 Å². The molecule has 0 saturated carbocycles. The number of nitrogens with zero attached hydrogens (tertiary/aromatic N) is 2. The van der Waals surface area contributed by atoms with Crippen molar-refractivity contribution in [2.45, 2.75) is 40.0 Å². The van der Waals surface area contributed by atoms with Gasteiger partial charge in [0.2, 0.25) is 5.91 Å². The van der Waals surface area contributed by atoms with Gasteiger partial charge in [0, 0.05) is 12.1 Å². The maximum absolute atomic E-state index is 12.1. The van der Waals surface area contributed by atoms with Crippen LogP contribution in [0.4, 0.5) is 5.69 Å². The Morgan fingerprint density at radius 1 is 1.29 bits per heavy atom. The Hall–Kier alpha value is -2.63. The molecule has 0 radical (unpaired) electrons. The van der Waals surface area contributed by atoms with E-state index >= 15 is 0 Å². The van der Waals surface area contributed by atoms with E-state index in [4.69, 9.17) is 5.11 Å². The highest BCUT2D eigenvalue weighted by Gasteiger charge is 2.15. The third-order valence-corrected chi connectivity index (χ3v) is 4.24.